The van der Waals surface area contributed by atoms with Crippen molar-refractivity contribution in [3.05, 3.63) is 71.3 Å². The summed E-state index contributed by atoms with van der Waals surface area (Å²) in [6, 6.07) is 11.5. The van der Waals surface area contributed by atoms with E-state index in [-0.39, 0.29) is 23.6 Å². The number of benzene rings is 2. The lowest BCUT2D eigenvalue weighted by atomic mass is 9.94. The van der Waals surface area contributed by atoms with Crippen molar-refractivity contribution in [2.24, 2.45) is 0 Å². The molecule has 3 rings (SSSR count). The van der Waals surface area contributed by atoms with Gasteiger partial charge in [-0.1, -0.05) is 24.3 Å². The molecule has 0 radical (unpaired) electrons. The van der Waals surface area contributed by atoms with Crippen LogP contribution in [0.3, 0.4) is 0 Å². The fraction of sp³-hybridized carbons (Fsp3) is 0.350. The van der Waals surface area contributed by atoms with E-state index in [9.17, 15) is 18.7 Å². The lowest BCUT2D eigenvalue weighted by Crippen LogP contribution is -2.40. The normalized spacial score (nSPS) is 17.6. The fourth-order valence-corrected chi connectivity index (χ4v) is 3.12. The fourth-order valence-electron chi connectivity index (χ4n) is 3.12. The van der Waals surface area contributed by atoms with Crippen LogP contribution in [0, 0.1) is 11.6 Å². The third-order valence-electron chi connectivity index (χ3n) is 4.79. The Labute approximate surface area is 145 Å². The van der Waals surface area contributed by atoms with Crippen LogP contribution in [0.2, 0.25) is 0 Å². The summed E-state index contributed by atoms with van der Waals surface area (Å²) in [5, 5.41) is 13.2. The number of amides is 1. The van der Waals surface area contributed by atoms with Crippen LogP contribution >= 0.6 is 0 Å². The molecule has 1 aliphatic rings. The van der Waals surface area contributed by atoms with Crippen molar-refractivity contribution in [1.29, 1.82) is 0 Å². The SMILES string of the molecule is CC(CC(O)c1ccc(F)cc1)NC(=O)C1(c2ccc(F)cc2)CC1. The molecule has 1 saturated carbocycles. The van der Waals surface area contributed by atoms with Gasteiger partial charge in [-0.2, -0.15) is 0 Å². The zero-order valence-corrected chi connectivity index (χ0v) is 14.0. The van der Waals surface area contributed by atoms with E-state index >= 15 is 0 Å². The van der Waals surface area contributed by atoms with E-state index in [1.54, 1.807) is 12.1 Å². The Bertz CT molecular complexity index is 739. The van der Waals surface area contributed by atoms with E-state index in [2.05, 4.69) is 5.32 Å². The zero-order chi connectivity index (χ0) is 18.0. The molecule has 2 N–H and O–H groups in total. The molecule has 0 aliphatic heterocycles. The molecule has 132 valence electrons. The number of carbonyl (C=O) groups excluding carboxylic acids is 1. The monoisotopic (exact) mass is 345 g/mol. The Kier molecular flexibility index (Phi) is 4.86. The van der Waals surface area contributed by atoms with Crippen molar-refractivity contribution in [1.82, 2.24) is 5.32 Å². The van der Waals surface area contributed by atoms with Crippen LogP contribution in [0.15, 0.2) is 48.5 Å². The second kappa shape index (κ2) is 6.92. The topological polar surface area (TPSA) is 49.3 Å². The molecule has 0 heterocycles. The first kappa shape index (κ1) is 17.5. The zero-order valence-electron chi connectivity index (χ0n) is 14.0. The Morgan fingerprint density at radius 3 is 2.12 bits per heavy atom. The van der Waals surface area contributed by atoms with Crippen LogP contribution in [-0.2, 0) is 10.2 Å². The Morgan fingerprint density at radius 1 is 1.08 bits per heavy atom. The molecule has 0 saturated heterocycles. The Hall–Kier alpha value is -2.27. The van der Waals surface area contributed by atoms with Crippen LogP contribution in [-0.4, -0.2) is 17.1 Å². The highest BCUT2D eigenvalue weighted by Gasteiger charge is 2.51. The van der Waals surface area contributed by atoms with Gasteiger partial charge in [0.25, 0.3) is 0 Å². The number of halogens is 2. The van der Waals surface area contributed by atoms with Gasteiger partial charge in [-0.15, -0.1) is 0 Å². The predicted molar refractivity (Wildman–Crippen MR) is 90.9 cm³/mol. The van der Waals surface area contributed by atoms with Gasteiger partial charge < -0.3 is 10.4 Å². The minimum atomic E-state index is -0.781. The van der Waals surface area contributed by atoms with Gasteiger partial charge in [0.1, 0.15) is 11.6 Å². The number of hydrogen-bond donors (Lipinski definition) is 2. The number of aliphatic hydroxyl groups is 1. The molecular formula is C20H21F2NO2. The van der Waals surface area contributed by atoms with E-state index in [1.807, 2.05) is 6.92 Å². The average Bonchev–Trinajstić information content (AvgIpc) is 3.37. The molecule has 2 aromatic rings. The molecule has 1 amide bonds. The first-order chi connectivity index (χ1) is 11.9. The largest absolute Gasteiger partial charge is 0.388 e. The maximum absolute atomic E-state index is 13.1. The molecule has 3 nitrogen and oxygen atoms in total. The number of carbonyl (C=O) groups is 1. The lowest BCUT2D eigenvalue weighted by molar-refractivity contribution is -0.124. The van der Waals surface area contributed by atoms with Crippen LogP contribution in [0.4, 0.5) is 8.78 Å². The first-order valence-corrected chi connectivity index (χ1v) is 8.41. The maximum Gasteiger partial charge on any atom is 0.230 e. The van der Waals surface area contributed by atoms with Gasteiger partial charge in [-0.3, -0.25) is 4.79 Å². The first-order valence-electron chi connectivity index (χ1n) is 8.41. The summed E-state index contributed by atoms with van der Waals surface area (Å²) < 4.78 is 26.0. The molecule has 25 heavy (non-hydrogen) atoms. The van der Waals surface area contributed by atoms with E-state index in [4.69, 9.17) is 0 Å². The summed E-state index contributed by atoms with van der Waals surface area (Å²) >= 11 is 0. The number of aliphatic hydroxyl groups excluding tert-OH is 1. The summed E-state index contributed by atoms with van der Waals surface area (Å²) in [5.41, 5.74) is 0.850. The third-order valence-corrected chi connectivity index (χ3v) is 4.79. The second-order valence-electron chi connectivity index (χ2n) is 6.77. The number of hydrogen-bond acceptors (Lipinski definition) is 2. The average molecular weight is 345 g/mol. The molecule has 0 spiro atoms. The highest BCUT2D eigenvalue weighted by Crippen LogP contribution is 2.48. The Balaban J connectivity index is 1.60. The van der Waals surface area contributed by atoms with Crippen LogP contribution in [0.25, 0.3) is 0 Å². The van der Waals surface area contributed by atoms with Gasteiger partial charge in [0.05, 0.1) is 11.5 Å². The van der Waals surface area contributed by atoms with E-state index in [0.717, 1.165) is 18.4 Å². The smallest absolute Gasteiger partial charge is 0.230 e. The van der Waals surface area contributed by atoms with Crippen LogP contribution in [0.1, 0.15) is 43.4 Å². The molecular weight excluding hydrogens is 324 g/mol. The molecule has 0 bridgehead atoms. The van der Waals surface area contributed by atoms with Crippen molar-refractivity contribution in [3.63, 3.8) is 0 Å². The van der Waals surface area contributed by atoms with Crippen LogP contribution in [0.5, 0.6) is 0 Å². The summed E-state index contributed by atoms with van der Waals surface area (Å²) in [7, 11) is 0. The van der Waals surface area contributed by atoms with Gasteiger partial charge >= 0.3 is 0 Å². The van der Waals surface area contributed by atoms with E-state index in [1.165, 1.54) is 36.4 Å². The third kappa shape index (κ3) is 3.87. The molecule has 5 heteroatoms. The summed E-state index contributed by atoms with van der Waals surface area (Å²) in [6.45, 7) is 1.82. The van der Waals surface area contributed by atoms with Gasteiger partial charge in [0, 0.05) is 6.04 Å². The number of rotatable bonds is 6. The van der Waals surface area contributed by atoms with Crippen molar-refractivity contribution < 1.29 is 18.7 Å². The van der Waals surface area contributed by atoms with Gasteiger partial charge in [-0.25, -0.2) is 8.78 Å². The van der Waals surface area contributed by atoms with Crippen molar-refractivity contribution in [3.8, 4) is 0 Å². The highest BCUT2D eigenvalue weighted by atomic mass is 19.1. The summed E-state index contributed by atoms with van der Waals surface area (Å²) in [4.78, 5) is 12.6. The quantitative estimate of drug-likeness (QED) is 0.840. The van der Waals surface area contributed by atoms with E-state index in [0.29, 0.717) is 12.0 Å². The predicted octanol–water partition coefficient (Wildman–Crippen LogP) is 3.62. The second-order valence-corrected chi connectivity index (χ2v) is 6.77. The minimum absolute atomic E-state index is 0.0992. The molecule has 2 atom stereocenters. The van der Waals surface area contributed by atoms with Gasteiger partial charge in [0.15, 0.2) is 0 Å². The molecule has 1 aliphatic carbocycles. The molecule has 2 unspecified atom stereocenters. The van der Waals surface area contributed by atoms with E-state index < -0.39 is 11.5 Å². The summed E-state index contributed by atoms with van der Waals surface area (Å²) in [5.74, 6) is -0.777. The van der Waals surface area contributed by atoms with Gasteiger partial charge in [-0.05, 0) is 61.6 Å². The number of nitrogens with one attached hydrogen (secondary N) is 1. The van der Waals surface area contributed by atoms with Gasteiger partial charge in [0.2, 0.25) is 5.91 Å². The van der Waals surface area contributed by atoms with Crippen molar-refractivity contribution >= 4 is 5.91 Å². The highest BCUT2D eigenvalue weighted by molar-refractivity contribution is 5.91. The Morgan fingerprint density at radius 2 is 1.60 bits per heavy atom. The standard InChI is InChI=1S/C20H21F2NO2/c1-13(12-18(24)14-2-6-16(21)7-3-14)23-19(25)20(10-11-20)15-4-8-17(22)9-5-15/h2-9,13,18,24H,10-12H2,1H3,(H,23,25). The van der Waals surface area contributed by atoms with Crippen molar-refractivity contribution in [2.45, 2.75) is 43.7 Å². The lowest BCUT2D eigenvalue weighted by Gasteiger charge is -2.22. The minimum Gasteiger partial charge on any atom is -0.388 e. The molecule has 2 aromatic carbocycles. The molecule has 0 aromatic heterocycles. The summed E-state index contributed by atoms with van der Waals surface area (Å²) in [6.07, 6.45) is 1.02. The molecule has 1 fully saturated rings. The van der Waals surface area contributed by atoms with Crippen molar-refractivity contribution in [2.75, 3.05) is 0 Å². The maximum atomic E-state index is 13.1. The van der Waals surface area contributed by atoms with Crippen LogP contribution < -0.4 is 5.32 Å².